The lowest BCUT2D eigenvalue weighted by atomic mass is 10.00. The first-order valence-corrected chi connectivity index (χ1v) is 10.8. The number of rotatable bonds is 4. The number of fused-ring (bicyclic) bond motifs is 1. The number of aryl methyl sites for hydroxylation is 1. The lowest BCUT2D eigenvalue weighted by Crippen LogP contribution is -2.52. The smallest absolute Gasteiger partial charge is 0.255 e. The Balaban J connectivity index is 1.50. The van der Waals surface area contributed by atoms with Crippen LogP contribution in [0.2, 0.25) is 0 Å². The first kappa shape index (κ1) is 19.5. The number of piperidine rings is 1. The van der Waals surface area contributed by atoms with E-state index in [9.17, 15) is 14.4 Å². The average molecular weight is 436 g/mol. The molecule has 8 nitrogen and oxygen atoms in total. The van der Waals surface area contributed by atoms with Gasteiger partial charge in [0.2, 0.25) is 11.8 Å². The Morgan fingerprint density at radius 1 is 1.19 bits per heavy atom. The number of hydrogen-bond acceptors (Lipinski definition) is 6. The zero-order valence-electron chi connectivity index (χ0n) is 17.0. The molecule has 3 amide bonds. The molecule has 2 aromatic heterocycles. The summed E-state index contributed by atoms with van der Waals surface area (Å²) in [5.74, 6) is -0.0876. The summed E-state index contributed by atoms with van der Waals surface area (Å²) in [4.78, 5) is 39.2. The van der Waals surface area contributed by atoms with Gasteiger partial charge < -0.3 is 9.64 Å². The van der Waals surface area contributed by atoms with Crippen LogP contribution in [0.3, 0.4) is 0 Å². The van der Waals surface area contributed by atoms with Crippen molar-refractivity contribution in [2.24, 2.45) is 7.05 Å². The van der Waals surface area contributed by atoms with Crippen molar-refractivity contribution in [2.75, 3.05) is 7.11 Å². The molecule has 0 unspecified atom stereocenters. The van der Waals surface area contributed by atoms with Crippen molar-refractivity contribution >= 4 is 29.1 Å². The van der Waals surface area contributed by atoms with Crippen molar-refractivity contribution in [3.63, 3.8) is 0 Å². The van der Waals surface area contributed by atoms with Crippen LogP contribution in [0.5, 0.6) is 5.75 Å². The van der Waals surface area contributed by atoms with Crippen molar-refractivity contribution in [1.82, 2.24) is 20.0 Å². The number of nitrogens with one attached hydrogen (secondary N) is 1. The minimum atomic E-state index is -0.620. The van der Waals surface area contributed by atoms with Gasteiger partial charge in [-0.3, -0.25) is 24.4 Å². The number of nitrogens with zero attached hydrogens (tertiary/aromatic N) is 3. The van der Waals surface area contributed by atoms with Gasteiger partial charge in [-0.2, -0.15) is 5.10 Å². The molecule has 9 heteroatoms. The summed E-state index contributed by atoms with van der Waals surface area (Å²) < 4.78 is 7.32. The van der Waals surface area contributed by atoms with Crippen LogP contribution in [0.15, 0.2) is 35.8 Å². The van der Waals surface area contributed by atoms with E-state index in [-0.39, 0.29) is 18.2 Å². The molecule has 2 aliphatic heterocycles. The minimum absolute atomic E-state index is 0.178. The summed E-state index contributed by atoms with van der Waals surface area (Å²) in [6, 6.07) is 7.01. The molecule has 0 aliphatic carbocycles. The quantitative estimate of drug-likeness (QED) is 0.635. The van der Waals surface area contributed by atoms with Gasteiger partial charge in [-0.25, -0.2) is 0 Å². The number of imide groups is 1. The third kappa shape index (κ3) is 3.12. The molecule has 1 fully saturated rings. The fourth-order valence-electron chi connectivity index (χ4n) is 4.29. The normalized spacial score (nSPS) is 18.3. The molecular formula is C22H20N4O4S. The molecule has 1 aromatic carbocycles. The van der Waals surface area contributed by atoms with E-state index in [2.05, 4.69) is 10.4 Å². The lowest BCUT2D eigenvalue weighted by molar-refractivity contribution is -0.136. The highest BCUT2D eigenvalue weighted by Crippen LogP contribution is 2.41. The van der Waals surface area contributed by atoms with Crippen LogP contribution < -0.4 is 10.1 Å². The number of hydrogen-bond donors (Lipinski definition) is 1. The number of carbonyl (C=O) groups excluding carboxylic acids is 3. The van der Waals surface area contributed by atoms with Gasteiger partial charge in [0.15, 0.2) is 0 Å². The van der Waals surface area contributed by atoms with Crippen LogP contribution in [-0.2, 0) is 23.2 Å². The van der Waals surface area contributed by atoms with Gasteiger partial charge in [0.1, 0.15) is 11.8 Å². The van der Waals surface area contributed by atoms with Crippen LogP contribution in [0.4, 0.5) is 0 Å². The van der Waals surface area contributed by atoms with E-state index in [1.165, 1.54) is 0 Å². The number of benzene rings is 1. The molecule has 1 atom stereocenters. The molecule has 158 valence electrons. The summed E-state index contributed by atoms with van der Waals surface area (Å²) in [5, 5.41) is 8.75. The number of thiophene rings is 1. The Kier molecular flexibility index (Phi) is 4.62. The van der Waals surface area contributed by atoms with E-state index >= 15 is 0 Å². The molecule has 31 heavy (non-hydrogen) atoms. The standard InChI is InChI=1S/C22H20N4O4S/c1-25-19(20-17(30-2)7-8-31-20)15(10-23-25)12-3-4-14-13(9-12)11-26(22(14)29)16-5-6-18(27)24-21(16)28/h3-4,7-10,16H,5-6,11H2,1-2H3,(H,24,27,28)/t16-/m0/s1. The zero-order valence-corrected chi connectivity index (χ0v) is 17.9. The third-order valence-electron chi connectivity index (χ3n) is 5.84. The van der Waals surface area contributed by atoms with Gasteiger partial charge in [0.25, 0.3) is 5.91 Å². The Bertz CT molecular complexity index is 1230. The highest BCUT2D eigenvalue weighted by Gasteiger charge is 2.39. The predicted molar refractivity (Wildman–Crippen MR) is 115 cm³/mol. The van der Waals surface area contributed by atoms with Gasteiger partial charge >= 0.3 is 0 Å². The summed E-state index contributed by atoms with van der Waals surface area (Å²) in [7, 11) is 3.53. The first-order chi connectivity index (χ1) is 15.0. The largest absolute Gasteiger partial charge is 0.495 e. The molecule has 3 aromatic rings. The number of ether oxygens (including phenoxy) is 1. The molecule has 1 N–H and O–H groups in total. The Hall–Kier alpha value is -3.46. The van der Waals surface area contributed by atoms with E-state index in [0.717, 1.165) is 33.0 Å². The van der Waals surface area contributed by atoms with Gasteiger partial charge in [-0.15, -0.1) is 11.3 Å². The van der Waals surface area contributed by atoms with Gasteiger partial charge in [-0.1, -0.05) is 6.07 Å². The highest BCUT2D eigenvalue weighted by molar-refractivity contribution is 7.14. The molecule has 2 aliphatic rings. The predicted octanol–water partition coefficient (Wildman–Crippen LogP) is 2.59. The van der Waals surface area contributed by atoms with Crippen LogP contribution in [0, 0.1) is 0 Å². The molecule has 0 radical (unpaired) electrons. The van der Waals surface area contributed by atoms with Crippen molar-refractivity contribution < 1.29 is 19.1 Å². The lowest BCUT2D eigenvalue weighted by Gasteiger charge is -2.29. The van der Waals surface area contributed by atoms with Crippen molar-refractivity contribution in [3.8, 4) is 27.4 Å². The molecule has 4 heterocycles. The van der Waals surface area contributed by atoms with Crippen molar-refractivity contribution in [3.05, 3.63) is 47.0 Å². The van der Waals surface area contributed by atoms with Crippen molar-refractivity contribution in [1.29, 1.82) is 0 Å². The SMILES string of the molecule is COc1ccsc1-c1c(-c2ccc3c(c2)CN([C@H]2CCC(=O)NC2=O)C3=O)cnn1C. The van der Waals surface area contributed by atoms with Crippen LogP contribution in [-0.4, -0.2) is 45.6 Å². The van der Waals surface area contributed by atoms with Gasteiger partial charge in [0, 0.05) is 31.1 Å². The maximum absolute atomic E-state index is 12.9. The molecule has 1 saturated heterocycles. The van der Waals surface area contributed by atoms with Crippen LogP contribution in [0.1, 0.15) is 28.8 Å². The molecule has 0 spiro atoms. The van der Waals surface area contributed by atoms with E-state index in [0.29, 0.717) is 18.5 Å². The number of methoxy groups -OCH3 is 1. The second-order valence-electron chi connectivity index (χ2n) is 7.62. The van der Waals surface area contributed by atoms with Crippen molar-refractivity contribution in [2.45, 2.75) is 25.4 Å². The Morgan fingerprint density at radius 3 is 2.81 bits per heavy atom. The maximum Gasteiger partial charge on any atom is 0.255 e. The van der Waals surface area contributed by atoms with Crippen LogP contribution >= 0.6 is 11.3 Å². The molecule has 5 rings (SSSR count). The Morgan fingerprint density at radius 2 is 2.03 bits per heavy atom. The fraction of sp³-hybridized carbons (Fsp3) is 0.273. The second kappa shape index (κ2) is 7.35. The number of aromatic nitrogens is 2. The molecule has 0 saturated carbocycles. The van der Waals surface area contributed by atoms with E-state index in [1.54, 1.807) is 29.4 Å². The minimum Gasteiger partial charge on any atom is -0.495 e. The topological polar surface area (TPSA) is 93.5 Å². The summed E-state index contributed by atoms with van der Waals surface area (Å²) in [5.41, 5.74) is 4.28. The van der Waals surface area contributed by atoms with E-state index in [4.69, 9.17) is 4.74 Å². The monoisotopic (exact) mass is 436 g/mol. The fourth-order valence-corrected chi connectivity index (χ4v) is 5.24. The van der Waals surface area contributed by atoms with E-state index < -0.39 is 11.9 Å². The summed E-state index contributed by atoms with van der Waals surface area (Å²) >= 11 is 1.58. The summed E-state index contributed by atoms with van der Waals surface area (Å²) in [6.07, 6.45) is 2.40. The first-order valence-electron chi connectivity index (χ1n) is 9.89. The van der Waals surface area contributed by atoms with Gasteiger partial charge in [0.05, 0.1) is 23.9 Å². The second-order valence-corrected chi connectivity index (χ2v) is 8.54. The number of carbonyl (C=O) groups is 3. The highest BCUT2D eigenvalue weighted by atomic mass is 32.1. The molecule has 0 bridgehead atoms. The number of amides is 3. The summed E-state index contributed by atoms with van der Waals surface area (Å²) in [6.45, 7) is 0.339. The maximum atomic E-state index is 12.9. The van der Waals surface area contributed by atoms with Gasteiger partial charge in [-0.05, 0) is 41.1 Å². The zero-order chi connectivity index (χ0) is 21.7. The van der Waals surface area contributed by atoms with Crippen LogP contribution in [0.25, 0.3) is 21.7 Å². The molecular weight excluding hydrogens is 416 g/mol. The average Bonchev–Trinajstić information content (AvgIpc) is 3.45. The Labute approximate surface area is 182 Å². The third-order valence-corrected chi connectivity index (χ3v) is 6.74. The van der Waals surface area contributed by atoms with E-state index in [1.807, 2.05) is 41.5 Å².